The molecule has 2 amide bonds. The molecule has 172 valence electrons. The number of anilines is 1. The van der Waals surface area contributed by atoms with E-state index in [1.807, 2.05) is 0 Å². The summed E-state index contributed by atoms with van der Waals surface area (Å²) in [7, 11) is 1.48. The lowest BCUT2D eigenvalue weighted by Gasteiger charge is -2.25. The molecular formula is C22H33N3O6. The fraction of sp³-hybridized carbons (Fsp3) is 0.545. The molecule has 9 nitrogen and oxygen atoms in total. The van der Waals surface area contributed by atoms with Crippen molar-refractivity contribution in [3.8, 4) is 11.5 Å². The van der Waals surface area contributed by atoms with E-state index in [-0.39, 0.29) is 22.9 Å². The van der Waals surface area contributed by atoms with Gasteiger partial charge in [0, 0.05) is 24.8 Å². The summed E-state index contributed by atoms with van der Waals surface area (Å²) < 4.78 is 16.3. The first-order valence-corrected chi connectivity index (χ1v) is 10.3. The molecule has 0 unspecified atom stereocenters. The molecule has 0 spiro atoms. The van der Waals surface area contributed by atoms with Crippen LogP contribution < -0.4 is 20.5 Å². The molecule has 1 aliphatic rings. The van der Waals surface area contributed by atoms with Crippen LogP contribution in [0.2, 0.25) is 0 Å². The fourth-order valence-corrected chi connectivity index (χ4v) is 3.30. The third-order valence-electron chi connectivity index (χ3n) is 4.71. The van der Waals surface area contributed by atoms with Gasteiger partial charge in [0.2, 0.25) is 0 Å². The molecule has 1 aromatic carbocycles. The van der Waals surface area contributed by atoms with Gasteiger partial charge in [-0.15, -0.1) is 0 Å². The number of methoxy groups -OCH3 is 1. The standard InChI is InChI=1S/C22H33N3O6/c1-14(26)17-8-6-10-25(17)20(27)15-12-18(29-5)19(13-16(15)23)30-11-7-9-24-21(28)31-22(2,3)4/h12-13,17,26H,1,6-11,23H2,2-5H3,(H,24,28)/t17-/m0/s1. The number of benzene rings is 1. The summed E-state index contributed by atoms with van der Waals surface area (Å²) >= 11 is 0. The van der Waals surface area contributed by atoms with Crippen LogP contribution in [0.5, 0.6) is 11.5 Å². The quantitative estimate of drug-likeness (QED) is 0.325. The number of nitrogens with two attached hydrogens (primary N) is 1. The molecule has 0 radical (unpaired) electrons. The first-order chi connectivity index (χ1) is 14.5. The molecule has 1 fully saturated rings. The highest BCUT2D eigenvalue weighted by molar-refractivity contribution is 6.00. The lowest BCUT2D eigenvalue weighted by molar-refractivity contribution is 0.0525. The number of likely N-dealkylation sites (tertiary alicyclic amines) is 1. The molecule has 1 aliphatic heterocycles. The number of rotatable bonds is 8. The zero-order chi connectivity index (χ0) is 23.2. The number of nitrogen functional groups attached to an aromatic ring is 1. The summed E-state index contributed by atoms with van der Waals surface area (Å²) in [4.78, 5) is 26.2. The van der Waals surface area contributed by atoms with Crippen molar-refractivity contribution < 1.29 is 28.9 Å². The van der Waals surface area contributed by atoms with Crippen molar-refractivity contribution in [1.82, 2.24) is 10.2 Å². The number of aliphatic hydroxyl groups is 1. The Hall–Kier alpha value is -3.10. The smallest absolute Gasteiger partial charge is 0.407 e. The number of nitrogens with zero attached hydrogens (tertiary/aromatic N) is 1. The van der Waals surface area contributed by atoms with Crippen LogP contribution in [0.3, 0.4) is 0 Å². The lowest BCUT2D eigenvalue weighted by Crippen LogP contribution is -2.36. The van der Waals surface area contributed by atoms with Crippen molar-refractivity contribution in [3.63, 3.8) is 0 Å². The summed E-state index contributed by atoms with van der Waals surface area (Å²) in [5, 5.41) is 12.4. The minimum Gasteiger partial charge on any atom is -0.511 e. The van der Waals surface area contributed by atoms with Gasteiger partial charge in [-0.05, 0) is 46.1 Å². The molecule has 0 bridgehead atoms. The van der Waals surface area contributed by atoms with Gasteiger partial charge in [-0.25, -0.2) is 4.79 Å². The second-order valence-electron chi connectivity index (χ2n) is 8.37. The molecule has 1 atom stereocenters. The Morgan fingerprint density at radius 3 is 2.65 bits per heavy atom. The van der Waals surface area contributed by atoms with Crippen LogP contribution in [0.1, 0.15) is 50.4 Å². The number of alkyl carbamates (subject to hydrolysis) is 1. The van der Waals surface area contributed by atoms with Crippen molar-refractivity contribution in [2.75, 3.05) is 32.5 Å². The number of aliphatic hydroxyl groups excluding tert-OH is 1. The van der Waals surface area contributed by atoms with Gasteiger partial charge in [0.15, 0.2) is 11.5 Å². The van der Waals surface area contributed by atoms with E-state index in [0.29, 0.717) is 44.0 Å². The summed E-state index contributed by atoms with van der Waals surface area (Å²) in [5.74, 6) is 0.451. The Morgan fingerprint density at radius 1 is 1.32 bits per heavy atom. The highest BCUT2D eigenvalue weighted by atomic mass is 16.6. The van der Waals surface area contributed by atoms with E-state index in [1.54, 1.807) is 37.8 Å². The first kappa shape index (κ1) is 24.2. The van der Waals surface area contributed by atoms with Crippen molar-refractivity contribution >= 4 is 17.7 Å². The third kappa shape index (κ3) is 6.70. The minimum atomic E-state index is -0.551. The molecule has 0 saturated carbocycles. The molecule has 2 rings (SSSR count). The molecule has 0 aromatic heterocycles. The van der Waals surface area contributed by atoms with E-state index in [2.05, 4.69) is 11.9 Å². The molecule has 1 aromatic rings. The van der Waals surface area contributed by atoms with E-state index in [1.165, 1.54) is 7.11 Å². The van der Waals surface area contributed by atoms with Gasteiger partial charge < -0.3 is 35.3 Å². The first-order valence-electron chi connectivity index (χ1n) is 10.3. The summed E-state index contributed by atoms with van der Waals surface area (Å²) in [6, 6.07) is 2.68. The minimum absolute atomic E-state index is 0.0312. The molecule has 9 heteroatoms. The normalized spacial score (nSPS) is 16.0. The molecule has 1 heterocycles. The molecule has 0 aliphatic carbocycles. The van der Waals surface area contributed by atoms with Crippen LogP contribution in [0.4, 0.5) is 10.5 Å². The second kappa shape index (κ2) is 10.3. The van der Waals surface area contributed by atoms with E-state index < -0.39 is 17.7 Å². The Kier molecular flexibility index (Phi) is 8.01. The Morgan fingerprint density at radius 2 is 2.03 bits per heavy atom. The maximum Gasteiger partial charge on any atom is 0.407 e. The monoisotopic (exact) mass is 435 g/mol. The van der Waals surface area contributed by atoms with Gasteiger partial charge in [-0.2, -0.15) is 0 Å². The van der Waals surface area contributed by atoms with Crippen molar-refractivity contribution in [3.05, 3.63) is 30.0 Å². The van der Waals surface area contributed by atoms with E-state index >= 15 is 0 Å². The zero-order valence-corrected chi connectivity index (χ0v) is 18.7. The van der Waals surface area contributed by atoms with E-state index in [4.69, 9.17) is 19.9 Å². The molecule has 1 saturated heterocycles. The topological polar surface area (TPSA) is 123 Å². The van der Waals surface area contributed by atoms with E-state index in [0.717, 1.165) is 6.42 Å². The predicted octanol–water partition coefficient (Wildman–Crippen LogP) is 3.25. The van der Waals surface area contributed by atoms with E-state index in [9.17, 15) is 14.7 Å². The lowest BCUT2D eigenvalue weighted by atomic mass is 10.1. The number of carbonyl (C=O) groups excluding carboxylic acids is 2. The Labute approximate surface area is 183 Å². The second-order valence-corrected chi connectivity index (χ2v) is 8.37. The molecule has 31 heavy (non-hydrogen) atoms. The SMILES string of the molecule is C=C(O)[C@@H]1CCCN1C(=O)c1cc(OC)c(OCCCNC(=O)OC(C)(C)C)cc1N. The maximum atomic E-state index is 13.0. The molecular weight excluding hydrogens is 402 g/mol. The number of nitrogens with one attached hydrogen (secondary N) is 1. The van der Waals surface area contributed by atoms with Crippen LogP contribution in [-0.2, 0) is 4.74 Å². The largest absolute Gasteiger partial charge is 0.511 e. The van der Waals surface area contributed by atoms with Gasteiger partial charge in [-0.1, -0.05) is 6.58 Å². The van der Waals surface area contributed by atoms with Crippen molar-refractivity contribution in [2.24, 2.45) is 0 Å². The number of carbonyl (C=O) groups is 2. The highest BCUT2D eigenvalue weighted by Gasteiger charge is 2.32. The van der Waals surface area contributed by atoms with Crippen molar-refractivity contribution in [1.29, 1.82) is 0 Å². The Bertz CT molecular complexity index is 818. The predicted molar refractivity (Wildman–Crippen MR) is 118 cm³/mol. The number of ether oxygens (including phenoxy) is 3. The molecule has 4 N–H and O–H groups in total. The van der Waals surface area contributed by atoms with Crippen LogP contribution in [-0.4, -0.2) is 60.5 Å². The van der Waals surface area contributed by atoms with Crippen LogP contribution in [0.15, 0.2) is 24.5 Å². The number of amides is 2. The summed E-state index contributed by atoms with van der Waals surface area (Å²) in [5.41, 5.74) is 6.10. The van der Waals surface area contributed by atoms with Crippen LogP contribution in [0, 0.1) is 0 Å². The van der Waals surface area contributed by atoms with Gasteiger partial charge in [-0.3, -0.25) is 4.79 Å². The average molecular weight is 436 g/mol. The van der Waals surface area contributed by atoms with Gasteiger partial charge in [0.25, 0.3) is 5.91 Å². The van der Waals surface area contributed by atoms with Crippen LogP contribution >= 0.6 is 0 Å². The van der Waals surface area contributed by atoms with Crippen LogP contribution in [0.25, 0.3) is 0 Å². The summed E-state index contributed by atoms with van der Waals surface area (Å²) in [6.45, 7) is 10.2. The number of hydrogen-bond acceptors (Lipinski definition) is 7. The average Bonchev–Trinajstić information content (AvgIpc) is 3.16. The third-order valence-corrected chi connectivity index (χ3v) is 4.71. The zero-order valence-electron chi connectivity index (χ0n) is 18.7. The Balaban J connectivity index is 1.97. The fourth-order valence-electron chi connectivity index (χ4n) is 3.30. The number of hydrogen-bond donors (Lipinski definition) is 3. The van der Waals surface area contributed by atoms with Crippen molar-refractivity contribution in [2.45, 2.75) is 51.7 Å². The van der Waals surface area contributed by atoms with Gasteiger partial charge in [0.1, 0.15) is 11.4 Å². The summed E-state index contributed by atoms with van der Waals surface area (Å²) in [6.07, 6.45) is 1.50. The highest BCUT2D eigenvalue weighted by Crippen LogP contribution is 2.34. The van der Waals surface area contributed by atoms with Gasteiger partial charge in [0.05, 0.1) is 25.3 Å². The maximum absolute atomic E-state index is 13.0. The van der Waals surface area contributed by atoms with Gasteiger partial charge >= 0.3 is 6.09 Å².